The van der Waals surface area contributed by atoms with Gasteiger partial charge < -0.3 is 25.4 Å². The molecule has 110 valence electrons. The van der Waals surface area contributed by atoms with Crippen LogP contribution in [-0.4, -0.2) is 55.2 Å². The van der Waals surface area contributed by atoms with E-state index >= 15 is 0 Å². The molecule has 1 aliphatic rings. The number of ether oxygens (including phenoxy) is 2. The smallest absolute Gasteiger partial charge is 0.244 e. The van der Waals surface area contributed by atoms with Gasteiger partial charge in [0.15, 0.2) is 5.82 Å². The molecule has 1 aliphatic heterocycles. The minimum Gasteiger partial charge on any atom is -0.481 e. The highest BCUT2D eigenvalue weighted by Gasteiger charge is 2.23. The third-order valence-electron chi connectivity index (χ3n) is 3.16. The molecular weight excluding hydrogens is 260 g/mol. The first-order chi connectivity index (χ1) is 9.61. The molecule has 3 N–H and O–H groups in total. The zero-order chi connectivity index (χ0) is 14.5. The molecule has 1 aromatic heterocycles. The number of rotatable bonds is 4. The number of methoxy groups -OCH3 is 1. The number of pyridine rings is 1. The lowest BCUT2D eigenvalue weighted by atomic mass is 10.2. The Morgan fingerprint density at radius 3 is 2.85 bits per heavy atom. The van der Waals surface area contributed by atoms with Crippen molar-refractivity contribution in [2.45, 2.75) is 13.0 Å². The molecule has 0 spiro atoms. The molecular formula is C13H20N4O3. The number of hydrogen-bond donors (Lipinski definition) is 2. The Bertz CT molecular complexity index is 475. The van der Waals surface area contributed by atoms with Crippen molar-refractivity contribution >= 4 is 17.4 Å². The first kappa shape index (κ1) is 14.4. The van der Waals surface area contributed by atoms with E-state index in [1.165, 1.54) is 7.11 Å². The van der Waals surface area contributed by atoms with Crippen molar-refractivity contribution in [2.24, 2.45) is 0 Å². The van der Waals surface area contributed by atoms with Crippen LogP contribution in [0.2, 0.25) is 0 Å². The fourth-order valence-electron chi connectivity index (χ4n) is 2.01. The van der Waals surface area contributed by atoms with Gasteiger partial charge in [-0.15, -0.1) is 0 Å². The number of nitrogens with one attached hydrogen (secondary N) is 1. The van der Waals surface area contributed by atoms with Crippen molar-refractivity contribution in [1.29, 1.82) is 0 Å². The lowest BCUT2D eigenvalue weighted by Gasteiger charge is -2.29. The van der Waals surface area contributed by atoms with Crippen LogP contribution in [0.1, 0.15) is 6.92 Å². The monoisotopic (exact) mass is 280 g/mol. The third kappa shape index (κ3) is 3.30. The molecule has 7 nitrogen and oxygen atoms in total. The van der Waals surface area contributed by atoms with Crippen LogP contribution in [0, 0.1) is 0 Å². The van der Waals surface area contributed by atoms with E-state index in [0.717, 1.165) is 0 Å². The molecule has 0 radical (unpaired) electrons. The highest BCUT2D eigenvalue weighted by atomic mass is 16.5. The first-order valence-corrected chi connectivity index (χ1v) is 6.55. The second-order valence-corrected chi connectivity index (χ2v) is 4.60. The third-order valence-corrected chi connectivity index (χ3v) is 3.16. The number of aromatic nitrogens is 1. The predicted octanol–water partition coefficient (Wildman–Crippen LogP) is 0.332. The van der Waals surface area contributed by atoms with Gasteiger partial charge >= 0.3 is 0 Å². The van der Waals surface area contributed by atoms with Gasteiger partial charge in [-0.05, 0) is 13.0 Å². The SMILES string of the molecule is COc1ccc(N)c(NC(C)C(=O)N2CCOCC2)n1. The number of morpholine rings is 1. The maximum absolute atomic E-state index is 12.3. The van der Waals surface area contributed by atoms with Crippen molar-refractivity contribution in [3.05, 3.63) is 12.1 Å². The van der Waals surface area contributed by atoms with Crippen LogP contribution in [0.4, 0.5) is 11.5 Å². The maximum Gasteiger partial charge on any atom is 0.244 e. The molecule has 7 heteroatoms. The van der Waals surface area contributed by atoms with E-state index in [2.05, 4.69) is 10.3 Å². The number of nitrogens with zero attached hydrogens (tertiary/aromatic N) is 2. The summed E-state index contributed by atoms with van der Waals surface area (Å²) in [5.41, 5.74) is 6.32. The standard InChI is InChI=1S/C13H20N4O3/c1-9(13(18)17-5-7-20-8-6-17)15-12-10(14)3-4-11(16-12)19-2/h3-4,9H,5-8,14H2,1-2H3,(H,15,16). The number of nitrogen functional groups attached to an aromatic ring is 1. The van der Waals surface area contributed by atoms with E-state index in [1.807, 2.05) is 0 Å². The zero-order valence-electron chi connectivity index (χ0n) is 11.8. The van der Waals surface area contributed by atoms with Crippen molar-refractivity contribution < 1.29 is 14.3 Å². The maximum atomic E-state index is 12.3. The molecule has 0 aromatic carbocycles. The van der Waals surface area contributed by atoms with Crippen molar-refractivity contribution in [3.8, 4) is 5.88 Å². The number of hydrogen-bond acceptors (Lipinski definition) is 6. The van der Waals surface area contributed by atoms with Crippen LogP contribution >= 0.6 is 0 Å². The summed E-state index contributed by atoms with van der Waals surface area (Å²) in [5.74, 6) is 0.920. The van der Waals surface area contributed by atoms with Gasteiger partial charge in [-0.2, -0.15) is 4.98 Å². The van der Waals surface area contributed by atoms with Crippen molar-refractivity contribution in [1.82, 2.24) is 9.88 Å². The molecule has 1 atom stereocenters. The summed E-state index contributed by atoms with van der Waals surface area (Å²) in [5, 5.41) is 3.03. The van der Waals surface area contributed by atoms with Crippen LogP contribution in [0.3, 0.4) is 0 Å². The minimum atomic E-state index is -0.407. The van der Waals surface area contributed by atoms with E-state index < -0.39 is 6.04 Å². The second kappa shape index (κ2) is 6.42. The average molecular weight is 280 g/mol. The molecule has 1 saturated heterocycles. The van der Waals surface area contributed by atoms with Crippen LogP contribution in [0.15, 0.2) is 12.1 Å². The molecule has 2 rings (SSSR count). The Hall–Kier alpha value is -2.02. The van der Waals surface area contributed by atoms with Crippen LogP contribution in [0.25, 0.3) is 0 Å². The van der Waals surface area contributed by atoms with Crippen molar-refractivity contribution in [2.75, 3.05) is 44.5 Å². The molecule has 20 heavy (non-hydrogen) atoms. The molecule has 1 unspecified atom stereocenters. The summed E-state index contributed by atoms with van der Waals surface area (Å²) in [4.78, 5) is 18.3. The molecule has 1 amide bonds. The summed E-state index contributed by atoms with van der Waals surface area (Å²) in [6.45, 7) is 4.19. The van der Waals surface area contributed by atoms with Gasteiger partial charge in [-0.1, -0.05) is 0 Å². The minimum absolute atomic E-state index is 0.0114. The van der Waals surface area contributed by atoms with Gasteiger partial charge in [-0.25, -0.2) is 0 Å². The Balaban J connectivity index is 2.03. The highest BCUT2D eigenvalue weighted by molar-refractivity contribution is 5.85. The van der Waals surface area contributed by atoms with Crippen molar-refractivity contribution in [3.63, 3.8) is 0 Å². The lowest BCUT2D eigenvalue weighted by molar-refractivity contribution is -0.135. The Morgan fingerprint density at radius 1 is 1.50 bits per heavy atom. The molecule has 0 aliphatic carbocycles. The van der Waals surface area contributed by atoms with Gasteiger partial charge in [-0.3, -0.25) is 4.79 Å². The van der Waals surface area contributed by atoms with Crippen LogP contribution < -0.4 is 15.8 Å². The first-order valence-electron chi connectivity index (χ1n) is 6.55. The van der Waals surface area contributed by atoms with Gasteiger partial charge in [0.25, 0.3) is 0 Å². The molecule has 0 bridgehead atoms. The molecule has 0 saturated carbocycles. The number of nitrogens with two attached hydrogens (primary N) is 1. The topological polar surface area (TPSA) is 89.7 Å². The van der Waals surface area contributed by atoms with E-state index in [-0.39, 0.29) is 5.91 Å². The molecule has 2 heterocycles. The van der Waals surface area contributed by atoms with Gasteiger partial charge in [0, 0.05) is 19.2 Å². The predicted molar refractivity (Wildman–Crippen MR) is 75.7 cm³/mol. The summed E-state index contributed by atoms with van der Waals surface area (Å²) >= 11 is 0. The fraction of sp³-hybridized carbons (Fsp3) is 0.538. The van der Waals surface area contributed by atoms with Crippen LogP contribution in [-0.2, 0) is 9.53 Å². The quantitative estimate of drug-likeness (QED) is 0.826. The summed E-state index contributed by atoms with van der Waals surface area (Å²) in [7, 11) is 1.53. The zero-order valence-corrected chi connectivity index (χ0v) is 11.8. The van der Waals surface area contributed by atoms with E-state index in [9.17, 15) is 4.79 Å². The average Bonchev–Trinajstić information content (AvgIpc) is 2.49. The molecule has 1 aromatic rings. The lowest BCUT2D eigenvalue weighted by Crippen LogP contribution is -2.47. The summed E-state index contributed by atoms with van der Waals surface area (Å²) < 4.78 is 10.3. The summed E-state index contributed by atoms with van der Waals surface area (Å²) in [6, 6.07) is 2.96. The van der Waals surface area contributed by atoms with E-state index in [1.54, 1.807) is 24.0 Å². The van der Waals surface area contributed by atoms with Gasteiger partial charge in [0.1, 0.15) is 6.04 Å². The normalized spacial score (nSPS) is 16.6. The van der Waals surface area contributed by atoms with E-state index in [0.29, 0.717) is 43.7 Å². The van der Waals surface area contributed by atoms with Crippen LogP contribution in [0.5, 0.6) is 5.88 Å². The molecule has 1 fully saturated rings. The number of carbonyl (C=O) groups is 1. The largest absolute Gasteiger partial charge is 0.481 e. The summed E-state index contributed by atoms with van der Waals surface area (Å²) in [6.07, 6.45) is 0. The van der Waals surface area contributed by atoms with E-state index in [4.69, 9.17) is 15.2 Å². The number of carbonyl (C=O) groups excluding carboxylic acids is 1. The van der Waals surface area contributed by atoms with Gasteiger partial charge in [0.05, 0.1) is 26.0 Å². The Morgan fingerprint density at radius 2 is 2.20 bits per heavy atom. The fourth-order valence-corrected chi connectivity index (χ4v) is 2.01. The van der Waals surface area contributed by atoms with Gasteiger partial charge in [0.2, 0.25) is 11.8 Å². The second-order valence-electron chi connectivity index (χ2n) is 4.60. The Labute approximate surface area is 118 Å². The highest BCUT2D eigenvalue weighted by Crippen LogP contribution is 2.20. The number of amides is 1. The Kier molecular flexibility index (Phi) is 4.62. The number of anilines is 2.